The predicted molar refractivity (Wildman–Crippen MR) is 56.5 cm³/mol. The van der Waals surface area contributed by atoms with Crippen molar-refractivity contribution in [3.05, 3.63) is 0 Å². The average Bonchev–Trinajstić information content (AvgIpc) is 3.01. The van der Waals surface area contributed by atoms with Crippen molar-refractivity contribution in [2.75, 3.05) is 0 Å². The number of hydrogen-bond donors (Lipinski definition) is 0. The second-order valence-electron chi connectivity index (χ2n) is 4.42. The van der Waals surface area contributed by atoms with Crippen LogP contribution in [0.15, 0.2) is 0 Å². The number of ether oxygens (including phenoxy) is 2. The molecule has 2 fully saturated rings. The third-order valence-electron chi connectivity index (χ3n) is 3.52. The van der Waals surface area contributed by atoms with Crippen LogP contribution in [-0.2, 0) is 19.1 Å². The lowest BCUT2D eigenvalue weighted by atomic mass is 9.82. The summed E-state index contributed by atoms with van der Waals surface area (Å²) in [6, 6.07) is 0. The quantitative estimate of drug-likeness (QED) is 0.435. The molecular weight excluding hydrogens is 232 g/mol. The molecule has 1 saturated carbocycles. The molecule has 0 unspecified atom stereocenters. The molecule has 2 rings (SSSR count). The van der Waals surface area contributed by atoms with Gasteiger partial charge in [0.15, 0.2) is 5.41 Å². The van der Waals surface area contributed by atoms with E-state index in [1.807, 2.05) is 0 Å². The molecule has 0 radical (unpaired) electrons. The smallest absolute Gasteiger partial charge is 0.340 e. The number of alkyl halides is 1. The minimum absolute atomic E-state index is 0.0474. The number of cyclic esters (lactones) is 2. The molecule has 1 aliphatic heterocycles. The molecule has 0 spiro atoms. The third-order valence-corrected chi connectivity index (χ3v) is 3.98. The van der Waals surface area contributed by atoms with Crippen molar-refractivity contribution >= 4 is 23.5 Å². The minimum Gasteiger partial charge on any atom is -0.407 e. The molecule has 0 amide bonds. The maximum atomic E-state index is 11.9. The van der Waals surface area contributed by atoms with Gasteiger partial charge in [0.05, 0.1) is 5.92 Å². The van der Waals surface area contributed by atoms with Crippen molar-refractivity contribution in [1.82, 2.24) is 0 Å². The molecule has 90 valence electrons. The summed E-state index contributed by atoms with van der Waals surface area (Å²) in [6.45, 7) is 3.54. The molecule has 0 aromatic carbocycles. The van der Waals surface area contributed by atoms with Gasteiger partial charge >= 0.3 is 17.2 Å². The second-order valence-corrected chi connectivity index (χ2v) is 4.95. The van der Waals surface area contributed by atoms with Gasteiger partial charge in [-0.15, -0.1) is 0 Å². The number of carbonyl (C=O) groups excluding carboxylic acids is 2. The van der Waals surface area contributed by atoms with Crippen LogP contribution >= 0.6 is 11.6 Å². The van der Waals surface area contributed by atoms with E-state index in [-0.39, 0.29) is 5.92 Å². The Labute approximate surface area is 99.2 Å². The number of rotatable bonds is 3. The van der Waals surface area contributed by atoms with Crippen molar-refractivity contribution in [3.63, 3.8) is 0 Å². The first-order valence-corrected chi connectivity index (χ1v) is 6.02. The Kier molecular flexibility index (Phi) is 2.65. The van der Waals surface area contributed by atoms with Crippen molar-refractivity contribution in [1.29, 1.82) is 0 Å². The zero-order valence-corrected chi connectivity index (χ0v) is 10.2. The molecule has 0 aromatic heterocycles. The summed E-state index contributed by atoms with van der Waals surface area (Å²) in [5.74, 6) is -1.14. The Hall–Kier alpha value is -0.770. The van der Waals surface area contributed by atoms with Gasteiger partial charge in [0.2, 0.25) is 0 Å². The van der Waals surface area contributed by atoms with Crippen molar-refractivity contribution in [3.8, 4) is 0 Å². The maximum absolute atomic E-state index is 11.9. The Morgan fingerprint density at radius 1 is 1.19 bits per heavy atom. The highest BCUT2D eigenvalue weighted by atomic mass is 35.5. The lowest BCUT2D eigenvalue weighted by Crippen LogP contribution is -2.54. The number of halogens is 1. The minimum atomic E-state index is -1.54. The topological polar surface area (TPSA) is 52.6 Å². The first-order valence-electron chi connectivity index (χ1n) is 5.64. The largest absolute Gasteiger partial charge is 0.407 e. The molecule has 5 heteroatoms. The lowest BCUT2D eigenvalue weighted by Gasteiger charge is -2.39. The van der Waals surface area contributed by atoms with Gasteiger partial charge in [-0.25, -0.2) is 0 Å². The van der Waals surface area contributed by atoms with E-state index in [1.165, 1.54) is 0 Å². The third kappa shape index (κ3) is 1.51. The second kappa shape index (κ2) is 3.62. The van der Waals surface area contributed by atoms with Crippen LogP contribution in [0, 0.1) is 11.3 Å². The van der Waals surface area contributed by atoms with Crippen LogP contribution < -0.4 is 0 Å². The molecule has 0 N–H and O–H groups in total. The van der Waals surface area contributed by atoms with Crippen molar-refractivity contribution < 1.29 is 19.1 Å². The summed E-state index contributed by atoms with van der Waals surface area (Å²) in [5, 5.41) is -1.54. The molecule has 1 heterocycles. The molecule has 0 bridgehead atoms. The van der Waals surface area contributed by atoms with E-state index in [1.54, 1.807) is 13.8 Å². The van der Waals surface area contributed by atoms with Gasteiger partial charge in [-0.3, -0.25) is 9.59 Å². The van der Waals surface area contributed by atoms with E-state index < -0.39 is 22.6 Å². The highest BCUT2D eigenvalue weighted by Gasteiger charge is 2.61. The van der Waals surface area contributed by atoms with Gasteiger partial charge in [0.1, 0.15) is 0 Å². The van der Waals surface area contributed by atoms with Crippen LogP contribution in [0.1, 0.15) is 39.5 Å². The summed E-state index contributed by atoms with van der Waals surface area (Å²) in [4.78, 5) is 23.9. The number of hydrogen-bond acceptors (Lipinski definition) is 4. The molecule has 16 heavy (non-hydrogen) atoms. The Morgan fingerprint density at radius 3 is 1.94 bits per heavy atom. The Balaban J connectivity index is 2.25. The fourth-order valence-corrected chi connectivity index (χ4v) is 2.33. The van der Waals surface area contributed by atoms with Crippen LogP contribution in [-0.4, -0.2) is 17.2 Å². The van der Waals surface area contributed by atoms with Gasteiger partial charge in [0.25, 0.3) is 0 Å². The van der Waals surface area contributed by atoms with Crippen molar-refractivity contribution in [2.45, 2.75) is 44.8 Å². The molecule has 0 aromatic rings. The number of esters is 2. The summed E-state index contributed by atoms with van der Waals surface area (Å²) in [5.41, 5.74) is -1.16. The predicted octanol–water partition coefficient (Wildman–Crippen LogP) is 2.20. The van der Waals surface area contributed by atoms with Crippen LogP contribution in [0.3, 0.4) is 0 Å². The van der Waals surface area contributed by atoms with Crippen molar-refractivity contribution in [2.24, 2.45) is 11.3 Å². The van der Waals surface area contributed by atoms with Crippen LogP contribution in [0.25, 0.3) is 0 Å². The molecule has 4 nitrogen and oxygen atoms in total. The summed E-state index contributed by atoms with van der Waals surface area (Å²) in [6.07, 6.45) is 2.40. The standard InChI is InChI=1S/C11H15ClO4/c1-3-10(4-2)8(13)15-11(12,7-5-6-7)16-9(10)14/h7H,3-6H2,1-2H3. The van der Waals surface area contributed by atoms with Crippen LogP contribution in [0.4, 0.5) is 0 Å². The normalized spacial score (nSPS) is 27.2. The Morgan fingerprint density at radius 2 is 1.62 bits per heavy atom. The lowest BCUT2D eigenvalue weighted by molar-refractivity contribution is -0.241. The molecule has 1 aliphatic carbocycles. The summed E-state index contributed by atoms with van der Waals surface area (Å²) >= 11 is 6.02. The highest BCUT2D eigenvalue weighted by molar-refractivity contribution is 6.24. The summed E-state index contributed by atoms with van der Waals surface area (Å²) in [7, 11) is 0. The number of carbonyl (C=O) groups is 2. The molecule has 1 saturated heterocycles. The van der Waals surface area contributed by atoms with Gasteiger partial charge in [-0.05, 0) is 37.3 Å². The highest BCUT2D eigenvalue weighted by Crippen LogP contribution is 2.50. The van der Waals surface area contributed by atoms with Crippen LogP contribution in [0.5, 0.6) is 0 Å². The average molecular weight is 247 g/mol. The molecule has 2 aliphatic rings. The zero-order valence-electron chi connectivity index (χ0n) is 9.42. The first kappa shape index (κ1) is 11.7. The van der Waals surface area contributed by atoms with Crippen LogP contribution in [0.2, 0.25) is 0 Å². The fourth-order valence-electron chi connectivity index (χ4n) is 1.97. The monoisotopic (exact) mass is 246 g/mol. The SMILES string of the molecule is CCC1(CC)C(=O)OC(Cl)(C2CC2)OC1=O. The van der Waals surface area contributed by atoms with E-state index >= 15 is 0 Å². The molecular formula is C11H15ClO4. The van der Waals surface area contributed by atoms with E-state index in [0.717, 1.165) is 12.8 Å². The van der Waals surface area contributed by atoms with Gasteiger partial charge < -0.3 is 9.47 Å². The fraction of sp³-hybridized carbons (Fsp3) is 0.818. The van der Waals surface area contributed by atoms with Gasteiger partial charge in [0, 0.05) is 0 Å². The Bertz CT molecular complexity index is 311. The summed E-state index contributed by atoms with van der Waals surface area (Å²) < 4.78 is 10.3. The first-order chi connectivity index (χ1) is 7.48. The van der Waals surface area contributed by atoms with Gasteiger partial charge in [-0.1, -0.05) is 13.8 Å². The van der Waals surface area contributed by atoms with E-state index in [9.17, 15) is 9.59 Å². The zero-order chi connectivity index (χ0) is 12.0. The van der Waals surface area contributed by atoms with E-state index in [4.69, 9.17) is 21.1 Å². The maximum Gasteiger partial charge on any atom is 0.340 e. The molecule has 0 atom stereocenters. The van der Waals surface area contributed by atoms with E-state index in [0.29, 0.717) is 12.8 Å². The van der Waals surface area contributed by atoms with Gasteiger partial charge in [-0.2, -0.15) is 0 Å². The van der Waals surface area contributed by atoms with E-state index in [2.05, 4.69) is 0 Å².